The Labute approximate surface area is 85.8 Å². The highest BCUT2D eigenvalue weighted by molar-refractivity contribution is 5.38. The van der Waals surface area contributed by atoms with Crippen LogP contribution in [0.3, 0.4) is 0 Å². The summed E-state index contributed by atoms with van der Waals surface area (Å²) < 4.78 is 42.1. The summed E-state index contributed by atoms with van der Waals surface area (Å²) in [5.41, 5.74) is 5.11. The third kappa shape index (κ3) is 2.86. The van der Waals surface area contributed by atoms with E-state index in [9.17, 15) is 13.2 Å². The monoisotopic (exact) mass is 219 g/mol. The van der Waals surface area contributed by atoms with Gasteiger partial charge in [-0.1, -0.05) is 0 Å². The summed E-state index contributed by atoms with van der Waals surface area (Å²) in [5.74, 6) is 0.438. The standard InChI is InChI=1S/C10H12F3NO/c1-15-9-3-2-8(10(11,12)13)6-7(9)4-5-14/h2-3,6H,4-5,14H2,1H3. The molecule has 0 aliphatic rings. The van der Waals surface area contributed by atoms with Crippen molar-refractivity contribution in [3.05, 3.63) is 29.3 Å². The second-order valence-corrected chi connectivity index (χ2v) is 3.06. The molecule has 2 nitrogen and oxygen atoms in total. The molecule has 0 amide bonds. The molecule has 0 saturated heterocycles. The van der Waals surface area contributed by atoms with Gasteiger partial charge in [0.05, 0.1) is 12.7 Å². The van der Waals surface area contributed by atoms with E-state index in [0.717, 1.165) is 12.1 Å². The van der Waals surface area contributed by atoms with Crippen LogP contribution in [0, 0.1) is 0 Å². The Balaban J connectivity index is 3.10. The van der Waals surface area contributed by atoms with E-state index in [2.05, 4.69) is 0 Å². The molecule has 0 spiro atoms. The molecule has 0 aliphatic heterocycles. The lowest BCUT2D eigenvalue weighted by atomic mass is 10.1. The first-order chi connectivity index (χ1) is 6.99. The molecule has 84 valence electrons. The Morgan fingerprint density at radius 3 is 2.47 bits per heavy atom. The number of hydrogen-bond donors (Lipinski definition) is 1. The van der Waals surface area contributed by atoms with Gasteiger partial charge in [0.25, 0.3) is 0 Å². The molecule has 0 saturated carbocycles. The van der Waals surface area contributed by atoms with Gasteiger partial charge in [-0.25, -0.2) is 0 Å². The molecule has 1 aromatic carbocycles. The number of hydrogen-bond acceptors (Lipinski definition) is 2. The number of alkyl halides is 3. The molecule has 0 radical (unpaired) electrons. The van der Waals surface area contributed by atoms with Crippen molar-refractivity contribution in [3.63, 3.8) is 0 Å². The quantitative estimate of drug-likeness (QED) is 0.845. The maximum Gasteiger partial charge on any atom is 0.416 e. The molecular formula is C10H12F3NO. The molecule has 1 rings (SSSR count). The molecule has 2 N–H and O–H groups in total. The SMILES string of the molecule is COc1ccc(C(F)(F)F)cc1CCN. The summed E-state index contributed by atoms with van der Waals surface area (Å²) in [4.78, 5) is 0. The van der Waals surface area contributed by atoms with Crippen molar-refractivity contribution in [3.8, 4) is 5.75 Å². The molecule has 0 atom stereocenters. The molecule has 15 heavy (non-hydrogen) atoms. The zero-order valence-electron chi connectivity index (χ0n) is 8.27. The number of halogens is 3. The lowest BCUT2D eigenvalue weighted by Gasteiger charge is -2.11. The van der Waals surface area contributed by atoms with Gasteiger partial charge in [0.15, 0.2) is 0 Å². The Bertz CT molecular complexity index is 336. The first kappa shape index (κ1) is 11.8. The Morgan fingerprint density at radius 2 is 2.00 bits per heavy atom. The fraction of sp³-hybridized carbons (Fsp3) is 0.400. The van der Waals surface area contributed by atoms with Gasteiger partial charge in [0.2, 0.25) is 0 Å². The van der Waals surface area contributed by atoms with Gasteiger partial charge < -0.3 is 10.5 Å². The maximum atomic E-state index is 12.4. The summed E-state index contributed by atoms with van der Waals surface area (Å²) in [7, 11) is 1.42. The zero-order valence-corrected chi connectivity index (χ0v) is 8.27. The third-order valence-corrected chi connectivity index (χ3v) is 2.02. The van der Waals surface area contributed by atoms with Crippen LogP contribution in [0.25, 0.3) is 0 Å². The average Bonchev–Trinajstić information content (AvgIpc) is 2.17. The van der Waals surface area contributed by atoms with Crippen molar-refractivity contribution >= 4 is 0 Å². The highest BCUT2D eigenvalue weighted by Crippen LogP contribution is 2.32. The predicted molar refractivity (Wildman–Crippen MR) is 50.8 cm³/mol. The maximum absolute atomic E-state index is 12.4. The normalized spacial score (nSPS) is 11.5. The van der Waals surface area contributed by atoms with Crippen LogP contribution in [0.15, 0.2) is 18.2 Å². The van der Waals surface area contributed by atoms with Crippen molar-refractivity contribution in [2.45, 2.75) is 12.6 Å². The van der Waals surface area contributed by atoms with Crippen LogP contribution in [0.4, 0.5) is 13.2 Å². The van der Waals surface area contributed by atoms with E-state index in [4.69, 9.17) is 10.5 Å². The average molecular weight is 219 g/mol. The van der Waals surface area contributed by atoms with E-state index >= 15 is 0 Å². The van der Waals surface area contributed by atoms with Crippen molar-refractivity contribution in [1.82, 2.24) is 0 Å². The van der Waals surface area contributed by atoms with Gasteiger partial charge in [-0.05, 0) is 36.7 Å². The number of benzene rings is 1. The van der Waals surface area contributed by atoms with Gasteiger partial charge >= 0.3 is 6.18 Å². The summed E-state index contributed by atoms with van der Waals surface area (Å²) in [6, 6.07) is 3.39. The second-order valence-electron chi connectivity index (χ2n) is 3.06. The molecule has 0 aliphatic carbocycles. The second kappa shape index (κ2) is 4.53. The van der Waals surface area contributed by atoms with Crippen LogP contribution >= 0.6 is 0 Å². The van der Waals surface area contributed by atoms with Crippen molar-refractivity contribution < 1.29 is 17.9 Å². The van der Waals surface area contributed by atoms with E-state index in [1.165, 1.54) is 13.2 Å². The zero-order chi connectivity index (χ0) is 11.5. The van der Waals surface area contributed by atoms with Crippen LogP contribution in [0.1, 0.15) is 11.1 Å². The molecule has 5 heteroatoms. The molecular weight excluding hydrogens is 207 g/mol. The number of methoxy groups -OCH3 is 1. The minimum atomic E-state index is -4.32. The largest absolute Gasteiger partial charge is 0.496 e. The van der Waals surface area contributed by atoms with E-state index in [1.807, 2.05) is 0 Å². The molecule has 0 unspecified atom stereocenters. The summed E-state index contributed by atoms with van der Waals surface area (Å²) >= 11 is 0. The Morgan fingerprint density at radius 1 is 1.33 bits per heavy atom. The van der Waals surface area contributed by atoms with Gasteiger partial charge in [0, 0.05) is 0 Å². The summed E-state index contributed by atoms with van der Waals surface area (Å²) in [5, 5.41) is 0. The van der Waals surface area contributed by atoms with E-state index in [-0.39, 0.29) is 6.54 Å². The van der Waals surface area contributed by atoms with Crippen LogP contribution in [0.2, 0.25) is 0 Å². The highest BCUT2D eigenvalue weighted by Gasteiger charge is 2.30. The van der Waals surface area contributed by atoms with E-state index in [1.54, 1.807) is 0 Å². The third-order valence-electron chi connectivity index (χ3n) is 2.02. The first-order valence-corrected chi connectivity index (χ1v) is 4.43. The van der Waals surface area contributed by atoms with Crippen molar-refractivity contribution in [2.24, 2.45) is 5.73 Å². The van der Waals surface area contributed by atoms with Crippen LogP contribution in [0.5, 0.6) is 5.75 Å². The predicted octanol–water partition coefficient (Wildman–Crippen LogP) is 2.22. The minimum absolute atomic E-state index is 0.289. The Hall–Kier alpha value is -1.23. The smallest absolute Gasteiger partial charge is 0.416 e. The molecule has 0 aromatic heterocycles. The van der Waals surface area contributed by atoms with Crippen LogP contribution in [-0.2, 0) is 12.6 Å². The van der Waals surface area contributed by atoms with Gasteiger partial charge in [0.1, 0.15) is 5.75 Å². The number of rotatable bonds is 3. The topological polar surface area (TPSA) is 35.2 Å². The number of ether oxygens (including phenoxy) is 1. The molecule has 0 fully saturated rings. The number of nitrogens with two attached hydrogens (primary N) is 1. The van der Waals surface area contributed by atoms with Crippen molar-refractivity contribution in [2.75, 3.05) is 13.7 Å². The summed E-state index contributed by atoms with van der Waals surface area (Å²) in [6.07, 6.45) is -3.96. The lowest BCUT2D eigenvalue weighted by molar-refractivity contribution is -0.137. The van der Waals surface area contributed by atoms with E-state index in [0.29, 0.717) is 17.7 Å². The fourth-order valence-corrected chi connectivity index (χ4v) is 1.31. The van der Waals surface area contributed by atoms with E-state index < -0.39 is 11.7 Å². The van der Waals surface area contributed by atoms with Gasteiger partial charge in [-0.3, -0.25) is 0 Å². The fourth-order valence-electron chi connectivity index (χ4n) is 1.31. The lowest BCUT2D eigenvalue weighted by Crippen LogP contribution is -2.09. The summed E-state index contributed by atoms with van der Waals surface area (Å²) in [6.45, 7) is 0.289. The van der Waals surface area contributed by atoms with Gasteiger partial charge in [-0.2, -0.15) is 13.2 Å². The molecule has 0 bridgehead atoms. The van der Waals surface area contributed by atoms with Crippen LogP contribution in [-0.4, -0.2) is 13.7 Å². The van der Waals surface area contributed by atoms with Crippen LogP contribution < -0.4 is 10.5 Å². The molecule has 0 heterocycles. The van der Waals surface area contributed by atoms with Crippen molar-refractivity contribution in [1.29, 1.82) is 0 Å². The Kier molecular flexibility index (Phi) is 3.57. The molecule has 1 aromatic rings. The highest BCUT2D eigenvalue weighted by atomic mass is 19.4. The van der Waals surface area contributed by atoms with Gasteiger partial charge in [-0.15, -0.1) is 0 Å². The minimum Gasteiger partial charge on any atom is -0.496 e. The first-order valence-electron chi connectivity index (χ1n) is 4.43.